The Labute approximate surface area is 286 Å². The lowest BCUT2D eigenvalue weighted by molar-refractivity contribution is 0.0888. The number of carbonyl (C=O) groups is 2. The summed E-state index contributed by atoms with van der Waals surface area (Å²) in [7, 11) is -3.34. The number of ketones is 2. The summed E-state index contributed by atoms with van der Waals surface area (Å²) in [5.41, 5.74) is 2.01. The molecule has 0 amide bonds. The van der Waals surface area contributed by atoms with Crippen LogP contribution < -0.4 is 10.0 Å². The smallest absolute Gasteiger partial charge is 0.232 e. The van der Waals surface area contributed by atoms with Gasteiger partial charge in [0.2, 0.25) is 26.5 Å². The zero-order valence-electron chi connectivity index (χ0n) is 22.4. The van der Waals surface area contributed by atoms with E-state index < -0.39 is 27.5 Å². The van der Waals surface area contributed by atoms with E-state index in [1.54, 1.807) is 30.3 Å². The minimum Gasteiger partial charge on any atom is -0.324 e. The Morgan fingerprint density at radius 1 is 0.667 bits per heavy atom. The quantitative estimate of drug-likeness (QED) is 0.103. The average molecular weight is 745 g/mol. The zero-order chi connectivity index (χ0) is 32.6. The molecule has 0 fully saturated rings. The Balaban J connectivity index is 0.000000183. The fraction of sp³-hybridized carbons (Fsp3) is 0.0714. The number of nitrogens with zero attached hydrogens (tertiary/aromatic N) is 4. The number of fused-ring (bicyclic) bond motifs is 2. The Morgan fingerprint density at radius 2 is 1.24 bits per heavy atom. The summed E-state index contributed by atoms with van der Waals surface area (Å²) in [5, 5.41) is 3.46. The van der Waals surface area contributed by atoms with Gasteiger partial charge in [0.25, 0.3) is 0 Å². The molecule has 0 aliphatic heterocycles. The Hall–Kier alpha value is -3.29. The highest BCUT2D eigenvalue weighted by molar-refractivity contribution is 7.92. The van der Waals surface area contributed by atoms with Crippen LogP contribution in [-0.4, -0.2) is 46.2 Å². The summed E-state index contributed by atoms with van der Waals surface area (Å²) in [6.45, 7) is 0. The topological polar surface area (TPSA) is 144 Å². The molecular formula is C28H16Cl6N6O4S. The van der Waals surface area contributed by atoms with Crippen LogP contribution in [0.5, 0.6) is 0 Å². The number of Topliss-reactive ketones (excluding diaryl/α,β-unsaturated/α-hetero) is 2. The second-order valence-electron chi connectivity index (χ2n) is 9.37. The minimum atomic E-state index is -3.34. The summed E-state index contributed by atoms with van der Waals surface area (Å²) in [5.74, 6) is -1.91. The molecule has 1 aliphatic carbocycles. The van der Waals surface area contributed by atoms with Crippen molar-refractivity contribution in [2.45, 2.75) is 5.92 Å². The van der Waals surface area contributed by atoms with Crippen LogP contribution in [0.1, 0.15) is 32.3 Å². The maximum Gasteiger partial charge on any atom is 0.232 e. The van der Waals surface area contributed by atoms with Gasteiger partial charge in [-0.2, -0.15) is 15.0 Å². The maximum atomic E-state index is 12.9. The van der Waals surface area contributed by atoms with Gasteiger partial charge in [0, 0.05) is 11.1 Å². The largest absolute Gasteiger partial charge is 0.324 e. The normalized spacial score (nSPS) is 13.0. The Bertz CT molecular complexity index is 2070. The summed E-state index contributed by atoms with van der Waals surface area (Å²) in [6.07, 6.45) is 1.07. The van der Waals surface area contributed by atoms with E-state index in [1.807, 2.05) is 30.3 Å². The van der Waals surface area contributed by atoms with Crippen molar-refractivity contribution in [3.63, 3.8) is 0 Å². The molecule has 17 heteroatoms. The third-order valence-corrected chi connectivity index (χ3v) is 8.95. The van der Waals surface area contributed by atoms with Crippen LogP contribution in [-0.2, 0) is 10.0 Å². The number of halogens is 6. The predicted molar refractivity (Wildman–Crippen MR) is 178 cm³/mol. The average Bonchev–Trinajstić information content (AvgIpc) is 3.23. The van der Waals surface area contributed by atoms with Crippen LogP contribution in [0.4, 0.5) is 17.3 Å². The minimum absolute atomic E-state index is 0.00558. The van der Waals surface area contributed by atoms with E-state index in [0.29, 0.717) is 22.6 Å². The number of aromatic nitrogens is 4. The number of nitrogens with one attached hydrogen (secondary N) is 2. The van der Waals surface area contributed by atoms with Crippen molar-refractivity contribution in [2.75, 3.05) is 16.3 Å². The first-order valence-electron chi connectivity index (χ1n) is 12.5. The van der Waals surface area contributed by atoms with Gasteiger partial charge in [-0.15, -0.1) is 0 Å². The molecule has 6 rings (SSSR count). The predicted octanol–water partition coefficient (Wildman–Crippen LogP) is 8.30. The van der Waals surface area contributed by atoms with Crippen LogP contribution in [0, 0.1) is 0 Å². The van der Waals surface area contributed by atoms with Gasteiger partial charge in [0.15, 0.2) is 11.6 Å². The third kappa shape index (κ3) is 7.25. The van der Waals surface area contributed by atoms with Crippen LogP contribution in [0.25, 0.3) is 10.9 Å². The molecular weight excluding hydrogens is 729 g/mol. The maximum absolute atomic E-state index is 12.9. The van der Waals surface area contributed by atoms with Gasteiger partial charge in [-0.1, -0.05) is 76.7 Å². The SMILES string of the molecule is CS(=O)(=O)Nc1cccc(Nc2nc(Cl)nc(Cl)n2)c1.O=C1c2c(Cl)c(Cl)c(Cl)c(Cl)c2C(=O)C1c1ccc2ccccc2n1. The lowest BCUT2D eigenvalue weighted by Crippen LogP contribution is -2.14. The van der Waals surface area contributed by atoms with Gasteiger partial charge in [-0.3, -0.25) is 19.3 Å². The summed E-state index contributed by atoms with van der Waals surface area (Å²) in [4.78, 5) is 41.5. The molecule has 0 spiro atoms. The second-order valence-corrected chi connectivity index (χ2v) is 13.3. The van der Waals surface area contributed by atoms with Gasteiger partial charge in [-0.05, 0) is 53.5 Å². The molecule has 2 aromatic heterocycles. The van der Waals surface area contributed by atoms with Crippen LogP contribution in [0.15, 0.2) is 60.7 Å². The molecule has 45 heavy (non-hydrogen) atoms. The molecule has 0 radical (unpaired) electrons. The van der Waals surface area contributed by atoms with Gasteiger partial charge in [0.05, 0.1) is 54.4 Å². The number of benzene rings is 3. The third-order valence-electron chi connectivity index (χ3n) is 6.20. The van der Waals surface area contributed by atoms with E-state index in [9.17, 15) is 18.0 Å². The molecule has 0 atom stereocenters. The summed E-state index contributed by atoms with van der Waals surface area (Å²) >= 11 is 35.7. The highest BCUT2D eigenvalue weighted by Crippen LogP contribution is 2.47. The highest BCUT2D eigenvalue weighted by atomic mass is 35.5. The molecule has 2 N–H and O–H groups in total. The molecule has 0 saturated carbocycles. The molecule has 2 heterocycles. The fourth-order valence-electron chi connectivity index (χ4n) is 4.40. The number of rotatable bonds is 5. The molecule has 10 nitrogen and oxygen atoms in total. The van der Waals surface area contributed by atoms with Crippen LogP contribution in [0.2, 0.25) is 30.7 Å². The monoisotopic (exact) mass is 742 g/mol. The number of sulfonamides is 1. The first-order valence-corrected chi connectivity index (χ1v) is 16.6. The van der Waals surface area contributed by atoms with E-state index in [4.69, 9.17) is 69.6 Å². The van der Waals surface area contributed by atoms with E-state index in [1.165, 1.54) is 0 Å². The molecule has 0 bridgehead atoms. The number of carbonyl (C=O) groups excluding carboxylic acids is 2. The van der Waals surface area contributed by atoms with Crippen molar-refractivity contribution in [2.24, 2.45) is 0 Å². The number of para-hydroxylation sites is 1. The zero-order valence-corrected chi connectivity index (χ0v) is 27.8. The van der Waals surface area contributed by atoms with E-state index >= 15 is 0 Å². The standard InChI is InChI=1S/C18H7Cl4NO2.C10H9Cl2N5O2S/c19-13-11-12(14(20)16(22)15(13)21)18(25)10(17(11)24)9-6-5-7-3-1-2-4-8(7)23-9;1-20(18,19)17-7-4-2-3-6(5-7)13-10-15-8(11)14-9(12)16-10/h1-6,10H;2-5,17H,1H3,(H,13,14,15,16). The lowest BCUT2D eigenvalue weighted by atomic mass is 9.98. The lowest BCUT2D eigenvalue weighted by Gasteiger charge is -2.08. The van der Waals surface area contributed by atoms with E-state index in [0.717, 1.165) is 11.6 Å². The van der Waals surface area contributed by atoms with Crippen molar-refractivity contribution >= 4 is 119 Å². The molecule has 0 unspecified atom stereocenters. The summed E-state index contributed by atoms with van der Waals surface area (Å²) in [6, 6.07) is 17.4. The van der Waals surface area contributed by atoms with Gasteiger partial charge in [-0.25, -0.2) is 8.42 Å². The van der Waals surface area contributed by atoms with Gasteiger partial charge < -0.3 is 5.32 Å². The number of anilines is 3. The van der Waals surface area contributed by atoms with Crippen molar-refractivity contribution in [3.05, 3.63) is 108 Å². The van der Waals surface area contributed by atoms with Gasteiger partial charge in [0.1, 0.15) is 5.92 Å². The first kappa shape index (κ1) is 33.1. The van der Waals surface area contributed by atoms with Crippen molar-refractivity contribution in [3.8, 4) is 0 Å². The molecule has 0 saturated heterocycles. The number of hydrogen-bond donors (Lipinski definition) is 2. The fourth-order valence-corrected chi connectivity index (χ4v) is 6.36. The molecule has 3 aromatic carbocycles. The van der Waals surface area contributed by atoms with Crippen LogP contribution in [0.3, 0.4) is 0 Å². The van der Waals surface area contributed by atoms with Crippen molar-refractivity contribution in [1.82, 2.24) is 19.9 Å². The highest BCUT2D eigenvalue weighted by Gasteiger charge is 2.45. The molecule has 230 valence electrons. The van der Waals surface area contributed by atoms with Gasteiger partial charge >= 0.3 is 0 Å². The number of pyridine rings is 1. The van der Waals surface area contributed by atoms with Crippen molar-refractivity contribution < 1.29 is 18.0 Å². The second kappa shape index (κ2) is 13.2. The van der Waals surface area contributed by atoms with E-state index in [2.05, 4.69) is 30.0 Å². The number of hydrogen-bond acceptors (Lipinski definition) is 9. The Morgan fingerprint density at radius 3 is 1.84 bits per heavy atom. The first-order chi connectivity index (χ1) is 21.2. The molecule has 1 aliphatic rings. The van der Waals surface area contributed by atoms with Crippen LogP contribution >= 0.6 is 69.6 Å². The molecule has 5 aromatic rings. The Kier molecular flexibility index (Phi) is 9.71. The summed E-state index contributed by atoms with van der Waals surface area (Å²) < 4.78 is 24.7. The van der Waals surface area contributed by atoms with Crippen molar-refractivity contribution in [1.29, 1.82) is 0 Å². The van der Waals surface area contributed by atoms with E-state index in [-0.39, 0.29) is 47.7 Å².